The van der Waals surface area contributed by atoms with E-state index in [2.05, 4.69) is 97.4 Å². The van der Waals surface area contributed by atoms with Crippen LogP contribution in [0.3, 0.4) is 0 Å². The van der Waals surface area contributed by atoms with Crippen LogP contribution in [-0.2, 0) is 23.9 Å². The second-order valence-electron chi connectivity index (χ2n) is 15.1. The summed E-state index contributed by atoms with van der Waals surface area (Å²) in [5.41, 5.74) is 0. The Bertz CT molecular complexity index is 1200. The van der Waals surface area contributed by atoms with E-state index in [4.69, 9.17) is 14.9 Å². The van der Waals surface area contributed by atoms with Gasteiger partial charge in [0.1, 0.15) is 12.1 Å². The average Bonchev–Trinajstić information content (AvgIpc) is 3.21. The predicted octanol–water partition coefficient (Wildman–Crippen LogP) is 11.5. The molecule has 2 atom stereocenters. The van der Waals surface area contributed by atoms with Crippen LogP contribution in [0.25, 0.3) is 0 Å². The van der Waals surface area contributed by atoms with E-state index in [0.29, 0.717) is 19.3 Å². The van der Waals surface area contributed by atoms with Gasteiger partial charge in [-0.05, 0) is 89.5 Å². The minimum atomic E-state index is -1.39. The van der Waals surface area contributed by atoms with Crippen LogP contribution in [0, 0.1) is 0 Å². The number of aliphatic hydroxyl groups excluding tert-OH is 1. The number of hydrogen-bond donors (Lipinski definition) is 4. The zero-order valence-corrected chi connectivity index (χ0v) is 36.5. The summed E-state index contributed by atoms with van der Waals surface area (Å²) in [5.74, 6) is -2.36. The molecule has 58 heavy (non-hydrogen) atoms. The fraction of sp³-hybridized carbons (Fsp3) is 0.673. The average molecular weight is 811 g/mol. The van der Waals surface area contributed by atoms with Gasteiger partial charge in [0.05, 0.1) is 13.2 Å². The van der Waals surface area contributed by atoms with Crippen LogP contribution in [0.1, 0.15) is 187 Å². The van der Waals surface area contributed by atoms with Gasteiger partial charge >= 0.3 is 11.9 Å². The Kier molecular flexibility index (Phi) is 40.1. The van der Waals surface area contributed by atoms with Crippen molar-refractivity contribution in [1.29, 1.82) is 0 Å². The van der Waals surface area contributed by atoms with Crippen molar-refractivity contribution in [3.8, 4) is 0 Å². The summed E-state index contributed by atoms with van der Waals surface area (Å²) in [5, 5.41) is 22.5. The van der Waals surface area contributed by atoms with Gasteiger partial charge in [0.2, 0.25) is 11.8 Å². The van der Waals surface area contributed by atoms with Crippen molar-refractivity contribution in [1.82, 2.24) is 10.6 Å². The third-order valence-electron chi connectivity index (χ3n) is 9.67. The lowest BCUT2D eigenvalue weighted by molar-refractivity contribution is -0.147. The number of ether oxygens (including phenoxy) is 1. The molecule has 0 spiro atoms. The molecular formula is C49H82N2O7. The number of amides is 2. The van der Waals surface area contributed by atoms with Crippen LogP contribution < -0.4 is 10.6 Å². The Hall–Kier alpha value is -3.72. The fourth-order valence-electron chi connectivity index (χ4n) is 6.18. The maximum absolute atomic E-state index is 12.8. The number of nitrogens with one attached hydrogen (secondary N) is 2. The SMILES string of the molecule is CC/C=C\C/C=C\C/C=C\C/C=C\CCCCCCCCCCC(=O)OC(/C=C\C/C=C\CCCCC)CCCCCCCCC(=O)NCC(=O)NC(CO)C(=O)O. The molecule has 0 heterocycles. The molecule has 9 nitrogen and oxygen atoms in total. The van der Waals surface area contributed by atoms with Gasteiger partial charge in [-0.15, -0.1) is 0 Å². The van der Waals surface area contributed by atoms with E-state index in [0.717, 1.165) is 96.3 Å². The van der Waals surface area contributed by atoms with Crippen LogP contribution in [0.15, 0.2) is 72.9 Å². The fourth-order valence-corrected chi connectivity index (χ4v) is 6.18. The van der Waals surface area contributed by atoms with Crippen molar-refractivity contribution in [3.63, 3.8) is 0 Å². The van der Waals surface area contributed by atoms with Gasteiger partial charge in [-0.25, -0.2) is 4.79 Å². The van der Waals surface area contributed by atoms with E-state index in [1.807, 2.05) is 0 Å². The summed E-state index contributed by atoms with van der Waals surface area (Å²) in [6.45, 7) is 3.32. The summed E-state index contributed by atoms with van der Waals surface area (Å²) >= 11 is 0. The highest BCUT2D eigenvalue weighted by molar-refractivity contribution is 5.87. The number of aliphatic hydroxyl groups is 1. The van der Waals surface area contributed by atoms with Crippen molar-refractivity contribution in [2.24, 2.45) is 0 Å². The smallest absolute Gasteiger partial charge is 0.328 e. The van der Waals surface area contributed by atoms with E-state index < -0.39 is 24.5 Å². The topological polar surface area (TPSA) is 142 Å². The van der Waals surface area contributed by atoms with Gasteiger partial charge < -0.3 is 25.6 Å². The zero-order chi connectivity index (χ0) is 42.6. The van der Waals surface area contributed by atoms with Crippen LogP contribution >= 0.6 is 0 Å². The molecule has 0 aliphatic rings. The first-order valence-corrected chi connectivity index (χ1v) is 22.8. The molecule has 0 aliphatic carbocycles. The molecule has 0 aromatic heterocycles. The first-order valence-electron chi connectivity index (χ1n) is 22.8. The molecule has 0 aromatic carbocycles. The number of rotatable bonds is 40. The largest absolute Gasteiger partial charge is 0.480 e. The number of aliphatic carboxylic acids is 1. The van der Waals surface area contributed by atoms with Gasteiger partial charge in [-0.1, -0.05) is 158 Å². The zero-order valence-electron chi connectivity index (χ0n) is 36.5. The Morgan fingerprint density at radius 2 is 1.03 bits per heavy atom. The van der Waals surface area contributed by atoms with Gasteiger partial charge in [-0.2, -0.15) is 0 Å². The number of carbonyl (C=O) groups excluding carboxylic acids is 3. The number of hydrogen-bond acceptors (Lipinski definition) is 6. The van der Waals surface area contributed by atoms with E-state index >= 15 is 0 Å². The van der Waals surface area contributed by atoms with Crippen LogP contribution in [-0.4, -0.2) is 59.3 Å². The van der Waals surface area contributed by atoms with Crippen molar-refractivity contribution in [2.75, 3.05) is 13.2 Å². The highest BCUT2D eigenvalue weighted by Crippen LogP contribution is 2.15. The number of carboxylic acids is 1. The highest BCUT2D eigenvalue weighted by atomic mass is 16.5. The molecule has 0 aliphatic heterocycles. The number of esters is 1. The first kappa shape index (κ1) is 54.3. The Morgan fingerprint density at radius 1 is 0.552 bits per heavy atom. The highest BCUT2D eigenvalue weighted by Gasteiger charge is 2.18. The van der Waals surface area contributed by atoms with Crippen LogP contribution in [0.2, 0.25) is 0 Å². The molecule has 0 saturated heterocycles. The standard InChI is InChI=1S/C49H82N2O7/c1-3-5-7-9-11-13-14-15-16-17-18-19-20-21-22-23-24-25-27-33-37-41-48(55)58-44(38-34-30-26-12-10-8-6-4-2)39-35-31-28-29-32-36-40-46(53)50-42-47(54)51-45(43-52)49(56)57/h5,7,11-13,15-16,18-19,26,34,38,44-45,52H,3-4,6,8-10,14,17,20-25,27-33,35-37,39-43H2,1-2H3,(H,50,53)(H,51,54)(H,56,57)/b7-5-,13-11-,16-15-,19-18-,26-12-,38-34-. The molecule has 0 saturated carbocycles. The summed E-state index contributed by atoms with van der Waals surface area (Å²) in [6, 6.07) is -1.39. The van der Waals surface area contributed by atoms with Gasteiger partial charge in [0.25, 0.3) is 0 Å². The van der Waals surface area contributed by atoms with E-state index in [9.17, 15) is 19.2 Å². The lowest BCUT2D eigenvalue weighted by Crippen LogP contribution is -2.47. The molecule has 2 unspecified atom stereocenters. The normalized spacial score (nSPS) is 13.2. The van der Waals surface area contributed by atoms with E-state index in [1.165, 1.54) is 57.8 Å². The van der Waals surface area contributed by atoms with Crippen molar-refractivity contribution >= 4 is 23.8 Å². The minimum absolute atomic E-state index is 0.105. The van der Waals surface area contributed by atoms with Crippen molar-refractivity contribution < 1.29 is 34.1 Å². The van der Waals surface area contributed by atoms with E-state index in [1.54, 1.807) is 0 Å². The number of allylic oxidation sites excluding steroid dienone is 11. The third-order valence-corrected chi connectivity index (χ3v) is 9.67. The Morgan fingerprint density at radius 3 is 1.59 bits per heavy atom. The number of carbonyl (C=O) groups is 4. The second-order valence-corrected chi connectivity index (χ2v) is 15.1. The van der Waals surface area contributed by atoms with Crippen molar-refractivity contribution in [3.05, 3.63) is 72.9 Å². The summed E-state index contributed by atoms with van der Waals surface area (Å²) < 4.78 is 5.93. The molecule has 0 aromatic rings. The molecule has 0 bridgehead atoms. The van der Waals surface area contributed by atoms with Gasteiger partial charge in [0, 0.05) is 12.8 Å². The monoisotopic (exact) mass is 811 g/mol. The lowest BCUT2D eigenvalue weighted by Gasteiger charge is -2.15. The Balaban J connectivity index is 4.21. The minimum Gasteiger partial charge on any atom is -0.480 e. The summed E-state index contributed by atoms with van der Waals surface area (Å²) in [7, 11) is 0. The predicted molar refractivity (Wildman–Crippen MR) is 240 cm³/mol. The molecular weight excluding hydrogens is 729 g/mol. The van der Waals surface area contributed by atoms with Gasteiger partial charge in [-0.3, -0.25) is 14.4 Å². The maximum atomic E-state index is 12.8. The van der Waals surface area contributed by atoms with Gasteiger partial charge in [0.15, 0.2) is 0 Å². The molecule has 0 rings (SSSR count). The molecule has 0 fully saturated rings. The molecule has 330 valence electrons. The molecule has 9 heteroatoms. The third kappa shape index (κ3) is 39.1. The van der Waals surface area contributed by atoms with E-state index in [-0.39, 0.29) is 24.5 Å². The van der Waals surface area contributed by atoms with Crippen molar-refractivity contribution in [2.45, 2.75) is 199 Å². The maximum Gasteiger partial charge on any atom is 0.328 e. The summed E-state index contributed by atoms with van der Waals surface area (Å²) in [4.78, 5) is 47.5. The lowest BCUT2D eigenvalue weighted by atomic mass is 10.0. The summed E-state index contributed by atoms with van der Waals surface area (Å²) in [6.07, 6.45) is 53.9. The second kappa shape index (κ2) is 42.9. The molecule has 0 radical (unpaired) electrons. The quantitative estimate of drug-likeness (QED) is 0.0274. The molecule has 4 N–H and O–H groups in total. The first-order chi connectivity index (χ1) is 28.3. The number of carboxylic acid groups (broad SMARTS) is 1. The van der Waals surface area contributed by atoms with Crippen LogP contribution in [0.4, 0.5) is 0 Å². The molecule has 2 amide bonds. The Labute approximate surface area is 353 Å². The van der Waals surface area contributed by atoms with Crippen LogP contribution in [0.5, 0.6) is 0 Å². The number of unbranched alkanes of at least 4 members (excludes halogenated alkanes) is 16.